The summed E-state index contributed by atoms with van der Waals surface area (Å²) in [5.41, 5.74) is 7.22. The molecule has 49 heavy (non-hydrogen) atoms. The van der Waals surface area contributed by atoms with Crippen LogP contribution >= 0.6 is 0 Å². The number of nitrogens with zero attached hydrogens (tertiary/aromatic N) is 1. The maximum absolute atomic E-state index is 14.9. The lowest BCUT2D eigenvalue weighted by atomic mass is 9.69. The molecular weight excluding hydrogens is 600 g/mol. The molecule has 0 radical (unpaired) electrons. The van der Waals surface area contributed by atoms with Crippen LogP contribution in [0.1, 0.15) is 121 Å². The maximum Gasteiger partial charge on any atom is 0.122 e. The van der Waals surface area contributed by atoms with E-state index in [0.717, 1.165) is 62.9 Å². The lowest BCUT2D eigenvalue weighted by molar-refractivity contribution is 0.215. The topological polar surface area (TPSA) is 15.3 Å². The van der Waals surface area contributed by atoms with Crippen LogP contribution in [0.3, 0.4) is 0 Å². The van der Waals surface area contributed by atoms with Gasteiger partial charge in [0.05, 0.1) is 0 Å². The van der Waals surface area contributed by atoms with Gasteiger partial charge in [0.2, 0.25) is 0 Å². The molecule has 1 aliphatic heterocycles. The van der Waals surface area contributed by atoms with E-state index in [-0.39, 0.29) is 29.2 Å². The van der Waals surface area contributed by atoms with Gasteiger partial charge in [-0.05, 0) is 101 Å². The Morgan fingerprint density at radius 3 is 2.35 bits per heavy atom. The fourth-order valence-corrected chi connectivity index (χ4v) is 7.36. The van der Waals surface area contributed by atoms with Gasteiger partial charge in [0, 0.05) is 36.3 Å². The number of nitrogens with one attached hydrogen (secondary N) is 1. The van der Waals surface area contributed by atoms with E-state index in [4.69, 9.17) is 0 Å². The minimum absolute atomic E-state index is 0.0785. The number of hydrogen-bond donors (Lipinski definition) is 1. The maximum atomic E-state index is 14.9. The van der Waals surface area contributed by atoms with E-state index in [0.29, 0.717) is 18.3 Å². The van der Waals surface area contributed by atoms with Gasteiger partial charge in [-0.3, -0.25) is 0 Å². The quantitative estimate of drug-likeness (QED) is 0.0940. The Balaban J connectivity index is 0.00000554. The van der Waals surface area contributed by atoms with Gasteiger partial charge in [-0.25, -0.2) is 4.39 Å². The van der Waals surface area contributed by atoms with Crippen LogP contribution in [0.5, 0.6) is 0 Å². The molecular formula is C46H73FN2. The number of hydrogen-bond acceptors (Lipinski definition) is 2. The summed E-state index contributed by atoms with van der Waals surface area (Å²) in [7, 11) is 0. The average molecular weight is 673 g/mol. The summed E-state index contributed by atoms with van der Waals surface area (Å²) in [5.74, 6) is 1.15. The molecule has 3 heteroatoms. The first-order valence-corrected chi connectivity index (χ1v) is 18.9. The molecule has 0 aromatic heterocycles. The SMILES string of the molecule is C#C.C=CC(C(C)C)C(C)(NC(CC(C)/C=C(C)\C=C/CC)C(=C)C)C1=C(CC)CN(C(=C)CC/C2=C(F)/C=C\CC=CC2C)CC1.CC. The predicted molar refractivity (Wildman–Crippen MR) is 219 cm³/mol. The summed E-state index contributed by atoms with van der Waals surface area (Å²) < 4.78 is 14.9. The Labute approximate surface area is 303 Å². The second kappa shape index (κ2) is 24.1. The minimum Gasteiger partial charge on any atom is -0.371 e. The Morgan fingerprint density at radius 1 is 1.14 bits per heavy atom. The van der Waals surface area contributed by atoms with Crippen molar-refractivity contribution in [2.75, 3.05) is 13.1 Å². The van der Waals surface area contributed by atoms with Crippen molar-refractivity contribution < 1.29 is 4.39 Å². The van der Waals surface area contributed by atoms with Crippen LogP contribution in [0.25, 0.3) is 0 Å². The van der Waals surface area contributed by atoms with E-state index >= 15 is 0 Å². The van der Waals surface area contributed by atoms with Crippen LogP contribution in [-0.2, 0) is 0 Å². The number of rotatable bonds is 17. The molecule has 0 saturated carbocycles. The Bertz CT molecular complexity index is 1250. The Hall–Kier alpha value is -3.09. The van der Waals surface area contributed by atoms with Crippen molar-refractivity contribution in [1.82, 2.24) is 10.2 Å². The third-order valence-corrected chi connectivity index (χ3v) is 9.92. The van der Waals surface area contributed by atoms with Gasteiger partial charge in [0.1, 0.15) is 5.83 Å². The van der Waals surface area contributed by atoms with E-state index in [9.17, 15) is 4.39 Å². The lowest BCUT2D eigenvalue weighted by Crippen LogP contribution is -2.57. The van der Waals surface area contributed by atoms with E-state index < -0.39 is 0 Å². The summed E-state index contributed by atoms with van der Waals surface area (Å²) in [6, 6.07) is 0.182. The summed E-state index contributed by atoms with van der Waals surface area (Å²) >= 11 is 0. The van der Waals surface area contributed by atoms with E-state index in [1.807, 2.05) is 19.9 Å². The third-order valence-electron chi connectivity index (χ3n) is 9.92. The van der Waals surface area contributed by atoms with Crippen molar-refractivity contribution in [3.8, 4) is 12.8 Å². The van der Waals surface area contributed by atoms with Crippen LogP contribution in [0.2, 0.25) is 0 Å². The molecule has 0 amide bonds. The molecule has 5 unspecified atom stereocenters. The first-order valence-electron chi connectivity index (χ1n) is 18.9. The molecule has 274 valence electrons. The van der Waals surface area contributed by atoms with E-state index in [1.165, 1.54) is 22.3 Å². The van der Waals surface area contributed by atoms with Crippen molar-refractivity contribution in [3.05, 3.63) is 108 Å². The zero-order chi connectivity index (χ0) is 37.7. The van der Waals surface area contributed by atoms with E-state index in [2.05, 4.69) is 142 Å². The predicted octanol–water partition coefficient (Wildman–Crippen LogP) is 13.0. The van der Waals surface area contributed by atoms with Gasteiger partial charge < -0.3 is 10.2 Å². The van der Waals surface area contributed by atoms with E-state index in [1.54, 1.807) is 6.08 Å². The number of halogens is 1. The summed E-state index contributed by atoms with van der Waals surface area (Å²) in [6.07, 6.45) is 31.1. The first kappa shape index (κ1) is 45.9. The largest absolute Gasteiger partial charge is 0.371 e. The number of terminal acetylenes is 1. The summed E-state index contributed by atoms with van der Waals surface area (Å²) in [4.78, 5) is 2.44. The van der Waals surface area contributed by atoms with Crippen LogP contribution in [0.4, 0.5) is 4.39 Å². The van der Waals surface area contributed by atoms with Crippen molar-refractivity contribution in [2.45, 2.75) is 133 Å². The summed E-state index contributed by atoms with van der Waals surface area (Å²) in [5, 5.41) is 4.20. The highest BCUT2D eigenvalue weighted by Crippen LogP contribution is 2.41. The molecule has 2 rings (SSSR count). The highest BCUT2D eigenvalue weighted by molar-refractivity contribution is 5.34. The highest BCUT2D eigenvalue weighted by atomic mass is 19.1. The van der Waals surface area contributed by atoms with Gasteiger partial charge in [-0.1, -0.05) is 128 Å². The Kier molecular flexibility index (Phi) is 22.6. The van der Waals surface area contributed by atoms with Gasteiger partial charge in [0.15, 0.2) is 0 Å². The molecule has 1 heterocycles. The van der Waals surface area contributed by atoms with Crippen LogP contribution in [-0.4, -0.2) is 29.6 Å². The normalized spacial score (nSPS) is 22.1. The zero-order valence-corrected chi connectivity index (χ0v) is 33.5. The molecule has 0 aromatic carbocycles. The second-order valence-electron chi connectivity index (χ2n) is 14.1. The summed E-state index contributed by atoms with van der Waals surface area (Å²) in [6.45, 7) is 39.4. The molecule has 2 nitrogen and oxygen atoms in total. The number of allylic oxidation sites excluding steroid dienone is 11. The van der Waals surface area contributed by atoms with Crippen molar-refractivity contribution >= 4 is 0 Å². The fourth-order valence-electron chi connectivity index (χ4n) is 7.36. The molecule has 1 aliphatic carbocycles. The lowest BCUT2D eigenvalue weighted by Gasteiger charge is -2.48. The molecule has 0 saturated heterocycles. The van der Waals surface area contributed by atoms with Crippen LogP contribution in [0.15, 0.2) is 108 Å². The minimum atomic E-state index is -0.250. The second-order valence-corrected chi connectivity index (χ2v) is 14.1. The third kappa shape index (κ3) is 14.4. The van der Waals surface area contributed by atoms with Crippen molar-refractivity contribution in [2.24, 2.45) is 23.7 Å². The van der Waals surface area contributed by atoms with Crippen LogP contribution < -0.4 is 5.32 Å². The average Bonchev–Trinajstić information content (AvgIpc) is 3.07. The molecule has 1 N–H and O–H groups in total. The monoisotopic (exact) mass is 673 g/mol. The van der Waals surface area contributed by atoms with Crippen molar-refractivity contribution in [1.29, 1.82) is 0 Å². The molecule has 2 aliphatic rings. The van der Waals surface area contributed by atoms with Gasteiger partial charge >= 0.3 is 0 Å². The van der Waals surface area contributed by atoms with Crippen molar-refractivity contribution in [3.63, 3.8) is 0 Å². The molecule has 0 spiro atoms. The van der Waals surface area contributed by atoms with Crippen LogP contribution in [0, 0.1) is 36.5 Å². The standard InChI is InChI=1S/C42H65FN2.C2H6.C2H2/c1-13-16-20-32(8)27-33(9)28-41(31(6)7)44-42(12,38(15-3)30(4)5)39-25-26-45(29-36(39)14-2)35(11)23-24-37-34(10)21-18-17-19-22-40(37)43;2*1-2/h15-16,18-22,27,30,33-34,38,41,44H,3,6,11,13-14,17,23-26,28-29H2,1-2,4-5,7-10,12H3;1-2H3;1-2H/b20-16-,21-18?,22-19-,32-27-,40-37+;;. The first-order chi connectivity index (χ1) is 23.3. The molecule has 0 bridgehead atoms. The molecule has 0 fully saturated rings. The van der Waals surface area contributed by atoms with Gasteiger partial charge in [0.25, 0.3) is 0 Å². The molecule has 5 atom stereocenters. The fraction of sp³-hybridized carbons (Fsp3) is 0.565. The van der Waals surface area contributed by atoms with Gasteiger partial charge in [-0.15, -0.1) is 19.4 Å². The smallest absolute Gasteiger partial charge is 0.122 e. The molecule has 0 aromatic rings. The van der Waals surface area contributed by atoms with Gasteiger partial charge in [-0.2, -0.15) is 0 Å². The highest BCUT2D eigenvalue weighted by Gasteiger charge is 2.42. The zero-order valence-electron chi connectivity index (χ0n) is 33.5. The Morgan fingerprint density at radius 2 is 1.80 bits per heavy atom.